The Hall–Kier alpha value is -2.14. The number of thiophene rings is 1. The minimum Gasteiger partial charge on any atom is -0.346 e. The Morgan fingerprint density at radius 3 is 2.52 bits per heavy atom. The van der Waals surface area contributed by atoms with Crippen LogP contribution in [0.3, 0.4) is 0 Å². The minimum absolute atomic E-state index is 0.137. The Kier molecular flexibility index (Phi) is 5.23. The van der Waals surface area contributed by atoms with Gasteiger partial charge in [0.2, 0.25) is 0 Å². The zero-order chi connectivity index (χ0) is 18.0. The van der Waals surface area contributed by atoms with Crippen molar-refractivity contribution >= 4 is 28.3 Å². The van der Waals surface area contributed by atoms with Crippen LogP contribution in [0, 0.1) is 11.8 Å². The number of nitrogens with zero attached hydrogens (tertiary/aromatic N) is 2. The molecule has 0 aliphatic heterocycles. The van der Waals surface area contributed by atoms with Gasteiger partial charge >= 0.3 is 0 Å². The van der Waals surface area contributed by atoms with E-state index in [1.54, 1.807) is 17.5 Å². The van der Waals surface area contributed by atoms with E-state index in [9.17, 15) is 4.79 Å². The Labute approximate surface area is 152 Å². The van der Waals surface area contributed by atoms with Crippen molar-refractivity contribution in [2.75, 3.05) is 13.1 Å². The van der Waals surface area contributed by atoms with Crippen LogP contribution in [-0.2, 0) is 0 Å². The summed E-state index contributed by atoms with van der Waals surface area (Å²) >= 11 is 1.56. The third-order valence-electron chi connectivity index (χ3n) is 4.00. The molecule has 0 aliphatic carbocycles. The van der Waals surface area contributed by atoms with Gasteiger partial charge in [0.05, 0.1) is 4.88 Å². The number of aromatic nitrogens is 2. The van der Waals surface area contributed by atoms with Crippen molar-refractivity contribution in [3.8, 4) is 10.4 Å². The highest BCUT2D eigenvalue weighted by Gasteiger charge is 2.20. The van der Waals surface area contributed by atoms with Crippen LogP contribution in [0.15, 0.2) is 36.7 Å². The van der Waals surface area contributed by atoms with Crippen molar-refractivity contribution in [1.29, 1.82) is 0 Å². The predicted octanol–water partition coefficient (Wildman–Crippen LogP) is 5.05. The molecule has 132 valence electrons. The number of carbonyl (C=O) groups excluding carboxylic acids is 1. The molecule has 1 N–H and O–H groups in total. The van der Waals surface area contributed by atoms with Gasteiger partial charge in [-0.3, -0.25) is 4.79 Å². The highest BCUT2D eigenvalue weighted by atomic mass is 32.1. The number of carbonyl (C=O) groups is 1. The number of aromatic amines is 1. The van der Waals surface area contributed by atoms with Crippen LogP contribution in [0.2, 0.25) is 0 Å². The maximum Gasteiger partial charge on any atom is 0.263 e. The van der Waals surface area contributed by atoms with Crippen molar-refractivity contribution < 1.29 is 4.79 Å². The lowest BCUT2D eigenvalue weighted by molar-refractivity contribution is 0.0720. The third-order valence-corrected chi connectivity index (χ3v) is 5.11. The average Bonchev–Trinajstić information content (AvgIpc) is 3.21. The van der Waals surface area contributed by atoms with Gasteiger partial charge < -0.3 is 9.88 Å². The summed E-state index contributed by atoms with van der Waals surface area (Å²) < 4.78 is 0. The van der Waals surface area contributed by atoms with Gasteiger partial charge in [0.25, 0.3) is 5.91 Å². The first kappa shape index (κ1) is 17.7. The Bertz CT molecular complexity index is 853. The second kappa shape index (κ2) is 7.40. The SMILES string of the molecule is CC(C)CN(CC(C)C)C(=O)c1ccc(-c2ccnc3[nH]ccc23)s1. The third kappa shape index (κ3) is 3.93. The van der Waals surface area contributed by atoms with Crippen LogP contribution in [0.25, 0.3) is 21.5 Å². The van der Waals surface area contributed by atoms with E-state index in [4.69, 9.17) is 0 Å². The summed E-state index contributed by atoms with van der Waals surface area (Å²) in [4.78, 5) is 24.4. The predicted molar refractivity (Wildman–Crippen MR) is 105 cm³/mol. The van der Waals surface area contributed by atoms with E-state index in [2.05, 4.69) is 37.7 Å². The van der Waals surface area contributed by atoms with Crippen molar-refractivity contribution in [2.24, 2.45) is 11.8 Å². The van der Waals surface area contributed by atoms with Crippen LogP contribution in [0.5, 0.6) is 0 Å². The van der Waals surface area contributed by atoms with Crippen molar-refractivity contribution in [3.63, 3.8) is 0 Å². The second-order valence-corrected chi connectivity index (χ2v) is 8.34. The number of pyridine rings is 1. The van der Waals surface area contributed by atoms with E-state index in [1.807, 2.05) is 35.4 Å². The van der Waals surface area contributed by atoms with E-state index < -0.39 is 0 Å². The molecule has 3 rings (SSSR count). The average molecular weight is 356 g/mol. The largest absolute Gasteiger partial charge is 0.346 e. The molecule has 0 aliphatic rings. The monoisotopic (exact) mass is 355 g/mol. The molecule has 0 radical (unpaired) electrons. The molecule has 1 amide bonds. The minimum atomic E-state index is 0.137. The summed E-state index contributed by atoms with van der Waals surface area (Å²) in [5.74, 6) is 1.06. The van der Waals surface area contributed by atoms with Crippen molar-refractivity contribution in [2.45, 2.75) is 27.7 Å². The van der Waals surface area contributed by atoms with Crippen LogP contribution in [-0.4, -0.2) is 33.9 Å². The van der Waals surface area contributed by atoms with Gasteiger partial charge in [0.1, 0.15) is 5.65 Å². The van der Waals surface area contributed by atoms with Crippen LogP contribution >= 0.6 is 11.3 Å². The summed E-state index contributed by atoms with van der Waals surface area (Å²) in [5, 5.41) is 1.09. The fraction of sp³-hybridized carbons (Fsp3) is 0.400. The summed E-state index contributed by atoms with van der Waals surface area (Å²) in [5.41, 5.74) is 1.99. The maximum absolute atomic E-state index is 13.0. The molecule has 0 saturated heterocycles. The van der Waals surface area contributed by atoms with Crippen LogP contribution in [0.1, 0.15) is 37.4 Å². The zero-order valence-electron chi connectivity index (χ0n) is 15.2. The quantitative estimate of drug-likeness (QED) is 0.673. The summed E-state index contributed by atoms with van der Waals surface area (Å²) in [7, 11) is 0. The molecule has 4 nitrogen and oxygen atoms in total. The van der Waals surface area contributed by atoms with Gasteiger partial charge in [0, 0.05) is 41.3 Å². The Morgan fingerprint density at radius 1 is 1.12 bits per heavy atom. The number of nitrogens with one attached hydrogen (secondary N) is 1. The van der Waals surface area contributed by atoms with Crippen LogP contribution < -0.4 is 0 Å². The Morgan fingerprint density at radius 2 is 1.84 bits per heavy atom. The first-order valence-corrected chi connectivity index (χ1v) is 9.59. The highest BCUT2D eigenvalue weighted by Crippen LogP contribution is 2.33. The van der Waals surface area contributed by atoms with Gasteiger partial charge in [-0.25, -0.2) is 4.98 Å². The molecule has 25 heavy (non-hydrogen) atoms. The zero-order valence-corrected chi connectivity index (χ0v) is 16.1. The van der Waals surface area contributed by atoms with E-state index in [0.717, 1.165) is 39.4 Å². The van der Waals surface area contributed by atoms with Crippen molar-refractivity contribution in [3.05, 3.63) is 41.5 Å². The molecular formula is C20H25N3OS. The van der Waals surface area contributed by atoms with E-state index in [1.165, 1.54) is 0 Å². The highest BCUT2D eigenvalue weighted by molar-refractivity contribution is 7.17. The number of H-pyrrole nitrogens is 1. The normalized spacial score (nSPS) is 11.6. The van der Waals surface area contributed by atoms with Gasteiger partial charge in [-0.2, -0.15) is 0 Å². The number of hydrogen-bond acceptors (Lipinski definition) is 3. The molecule has 0 aromatic carbocycles. The molecule has 0 atom stereocenters. The van der Waals surface area contributed by atoms with Gasteiger partial charge in [-0.1, -0.05) is 27.7 Å². The van der Waals surface area contributed by atoms with E-state index >= 15 is 0 Å². The van der Waals surface area contributed by atoms with E-state index in [0.29, 0.717) is 11.8 Å². The molecular weight excluding hydrogens is 330 g/mol. The Balaban J connectivity index is 1.89. The first-order valence-electron chi connectivity index (χ1n) is 8.77. The van der Waals surface area contributed by atoms with Gasteiger partial charge in [-0.15, -0.1) is 11.3 Å². The van der Waals surface area contributed by atoms with Gasteiger partial charge in [0.15, 0.2) is 0 Å². The fourth-order valence-electron chi connectivity index (χ4n) is 3.05. The second-order valence-electron chi connectivity index (χ2n) is 7.26. The lowest BCUT2D eigenvalue weighted by Gasteiger charge is -2.25. The van der Waals surface area contributed by atoms with Crippen molar-refractivity contribution in [1.82, 2.24) is 14.9 Å². The molecule has 5 heteroatoms. The molecule has 3 heterocycles. The molecule has 3 aromatic rings. The topological polar surface area (TPSA) is 49.0 Å². The lowest BCUT2D eigenvalue weighted by atomic mass is 10.1. The summed E-state index contributed by atoms with van der Waals surface area (Å²) in [6.07, 6.45) is 3.70. The molecule has 0 unspecified atom stereocenters. The smallest absolute Gasteiger partial charge is 0.263 e. The molecule has 0 bridgehead atoms. The first-order chi connectivity index (χ1) is 12.0. The lowest BCUT2D eigenvalue weighted by Crippen LogP contribution is -2.36. The van der Waals surface area contributed by atoms with E-state index in [-0.39, 0.29) is 5.91 Å². The number of rotatable bonds is 6. The summed E-state index contributed by atoms with van der Waals surface area (Å²) in [6, 6.07) is 8.04. The summed E-state index contributed by atoms with van der Waals surface area (Å²) in [6.45, 7) is 10.2. The number of amides is 1. The molecule has 0 fully saturated rings. The molecule has 0 spiro atoms. The van der Waals surface area contributed by atoms with Gasteiger partial charge in [-0.05, 0) is 36.1 Å². The fourth-order valence-corrected chi connectivity index (χ4v) is 4.06. The number of fused-ring (bicyclic) bond motifs is 1. The van der Waals surface area contributed by atoms with Crippen LogP contribution in [0.4, 0.5) is 0 Å². The number of hydrogen-bond donors (Lipinski definition) is 1. The maximum atomic E-state index is 13.0. The standard InChI is InChI=1S/C20H25N3OS/c1-13(2)11-23(12-14(3)4)20(24)18-6-5-17(25-18)15-7-9-21-19-16(15)8-10-22-19/h5-10,13-14H,11-12H2,1-4H3,(H,21,22). The molecule has 3 aromatic heterocycles. The molecule has 0 saturated carbocycles.